The maximum atomic E-state index is 13.5. The van der Waals surface area contributed by atoms with Crippen LogP contribution in [0.25, 0.3) is 0 Å². The number of hydrogen-bond acceptors (Lipinski definition) is 4. The van der Waals surface area contributed by atoms with Crippen molar-refractivity contribution in [3.8, 4) is 0 Å². The van der Waals surface area contributed by atoms with Gasteiger partial charge in [-0.3, -0.25) is 4.79 Å². The van der Waals surface area contributed by atoms with E-state index in [1.54, 1.807) is 6.07 Å². The molecule has 2 aromatic rings. The van der Waals surface area contributed by atoms with E-state index in [0.29, 0.717) is 25.1 Å². The van der Waals surface area contributed by atoms with Gasteiger partial charge in [0, 0.05) is 18.5 Å². The Morgan fingerprint density at radius 3 is 2.30 bits per heavy atom. The summed E-state index contributed by atoms with van der Waals surface area (Å²) in [5, 5.41) is 10.6. The first-order chi connectivity index (χ1) is 14.5. The van der Waals surface area contributed by atoms with Crippen molar-refractivity contribution in [3.63, 3.8) is 0 Å². The van der Waals surface area contributed by atoms with Gasteiger partial charge in [-0.25, -0.2) is 4.79 Å². The Balaban J connectivity index is 1.24. The van der Waals surface area contributed by atoms with Crippen molar-refractivity contribution in [3.05, 3.63) is 70.8 Å². The predicted octanol–water partition coefficient (Wildman–Crippen LogP) is 3.39. The van der Waals surface area contributed by atoms with E-state index in [0.717, 1.165) is 48.8 Å². The number of ether oxygens (including phenoxy) is 1. The lowest BCUT2D eigenvalue weighted by Crippen LogP contribution is -2.40. The molecule has 2 aliphatic carbocycles. The Morgan fingerprint density at radius 2 is 1.63 bits per heavy atom. The molecule has 1 N–H and O–H groups in total. The summed E-state index contributed by atoms with van der Waals surface area (Å²) in [6.45, 7) is 1.02. The molecule has 4 aliphatic rings. The average molecular weight is 403 g/mol. The molecule has 1 saturated heterocycles. The van der Waals surface area contributed by atoms with Crippen LogP contribution in [-0.2, 0) is 26.1 Å². The summed E-state index contributed by atoms with van der Waals surface area (Å²) in [7, 11) is 0. The van der Waals surface area contributed by atoms with Crippen LogP contribution in [0.15, 0.2) is 48.5 Å². The second kappa shape index (κ2) is 5.94. The second-order valence-corrected chi connectivity index (χ2v) is 9.45. The van der Waals surface area contributed by atoms with Crippen molar-refractivity contribution in [1.82, 2.24) is 4.90 Å². The van der Waals surface area contributed by atoms with Crippen LogP contribution < -0.4 is 0 Å². The Morgan fingerprint density at radius 1 is 0.933 bits per heavy atom. The van der Waals surface area contributed by atoms with Gasteiger partial charge in [0.2, 0.25) is 5.91 Å². The minimum Gasteiger partial charge on any atom is -0.449 e. The topological polar surface area (TPSA) is 66.8 Å². The van der Waals surface area contributed by atoms with Gasteiger partial charge in [0.1, 0.15) is 0 Å². The summed E-state index contributed by atoms with van der Waals surface area (Å²) >= 11 is 0. The van der Waals surface area contributed by atoms with Crippen LogP contribution in [0.3, 0.4) is 0 Å². The molecular weight excluding hydrogens is 378 g/mol. The molecule has 0 aromatic heterocycles. The van der Waals surface area contributed by atoms with E-state index in [9.17, 15) is 14.7 Å². The molecule has 0 bridgehead atoms. The Bertz CT molecular complexity index is 1050. The minimum absolute atomic E-state index is 0.134. The number of carbonyl (C=O) groups excluding carboxylic acids is 2. The smallest absolute Gasteiger partial charge is 0.339 e. The number of esters is 1. The monoisotopic (exact) mass is 403 g/mol. The maximum Gasteiger partial charge on any atom is 0.339 e. The molecule has 2 heterocycles. The van der Waals surface area contributed by atoms with Crippen molar-refractivity contribution in [2.75, 3.05) is 13.1 Å². The van der Waals surface area contributed by atoms with Crippen LogP contribution >= 0.6 is 0 Å². The third-order valence-corrected chi connectivity index (χ3v) is 7.76. The van der Waals surface area contributed by atoms with Crippen LogP contribution in [0, 0.1) is 0 Å². The number of benzene rings is 2. The normalized spacial score (nSPS) is 27.5. The summed E-state index contributed by atoms with van der Waals surface area (Å²) in [6, 6.07) is 15.5. The van der Waals surface area contributed by atoms with Gasteiger partial charge in [0.25, 0.3) is 0 Å². The van der Waals surface area contributed by atoms with Gasteiger partial charge < -0.3 is 14.7 Å². The fourth-order valence-corrected chi connectivity index (χ4v) is 5.56. The van der Waals surface area contributed by atoms with Gasteiger partial charge in [-0.1, -0.05) is 42.5 Å². The highest BCUT2D eigenvalue weighted by atomic mass is 16.6. The highest BCUT2D eigenvalue weighted by Crippen LogP contribution is 2.52. The average Bonchev–Trinajstić information content (AvgIpc) is 3.38. The van der Waals surface area contributed by atoms with Gasteiger partial charge in [-0.05, 0) is 49.3 Å². The van der Waals surface area contributed by atoms with Crippen LogP contribution in [0.4, 0.5) is 0 Å². The van der Waals surface area contributed by atoms with E-state index < -0.39 is 16.6 Å². The molecular formula is C25H25NO4. The lowest BCUT2D eigenvalue weighted by atomic mass is 9.75. The third-order valence-electron chi connectivity index (χ3n) is 7.76. The third kappa shape index (κ3) is 2.38. The van der Waals surface area contributed by atoms with Crippen LogP contribution in [0.5, 0.6) is 0 Å². The predicted molar refractivity (Wildman–Crippen MR) is 110 cm³/mol. The fraction of sp³-hybridized carbons (Fsp3) is 0.440. The molecule has 1 atom stereocenters. The Labute approximate surface area is 175 Å². The summed E-state index contributed by atoms with van der Waals surface area (Å²) < 4.78 is 5.81. The van der Waals surface area contributed by atoms with E-state index in [4.69, 9.17) is 4.74 Å². The van der Waals surface area contributed by atoms with E-state index in [-0.39, 0.29) is 11.9 Å². The van der Waals surface area contributed by atoms with E-state index in [2.05, 4.69) is 0 Å². The standard InChI is InChI=1S/C25H25NO4/c27-21-19-4-1-2-5-20(19)25(30-21)14-15-26(16-25)22(28)23(12-13-23)17-6-8-18(9-7-17)24(29)10-3-11-24/h1-2,4-9,29H,3,10-16H2. The van der Waals surface area contributed by atoms with E-state index in [1.807, 2.05) is 47.4 Å². The molecule has 1 amide bonds. The van der Waals surface area contributed by atoms with Gasteiger partial charge in [-0.2, -0.15) is 0 Å². The highest BCUT2D eigenvalue weighted by Gasteiger charge is 2.57. The fourth-order valence-electron chi connectivity index (χ4n) is 5.56. The summed E-state index contributed by atoms with van der Waals surface area (Å²) in [4.78, 5) is 27.8. The second-order valence-electron chi connectivity index (χ2n) is 9.45. The van der Waals surface area contributed by atoms with Crippen molar-refractivity contribution >= 4 is 11.9 Å². The molecule has 2 aromatic carbocycles. The number of likely N-dealkylation sites (tertiary alicyclic amines) is 1. The van der Waals surface area contributed by atoms with Crippen LogP contribution in [-0.4, -0.2) is 35.0 Å². The van der Waals surface area contributed by atoms with Crippen molar-refractivity contribution in [1.29, 1.82) is 0 Å². The van der Waals surface area contributed by atoms with Crippen molar-refractivity contribution < 1.29 is 19.4 Å². The lowest BCUT2D eigenvalue weighted by Gasteiger charge is -2.37. The molecule has 6 rings (SSSR count). The largest absolute Gasteiger partial charge is 0.449 e. The molecule has 154 valence electrons. The zero-order valence-electron chi connectivity index (χ0n) is 16.9. The molecule has 5 nitrogen and oxygen atoms in total. The number of hydrogen-bond donors (Lipinski definition) is 1. The van der Waals surface area contributed by atoms with Crippen molar-refractivity contribution in [2.45, 2.75) is 55.1 Å². The first kappa shape index (κ1) is 18.1. The number of amides is 1. The number of nitrogens with zero attached hydrogens (tertiary/aromatic N) is 1. The Kier molecular flexibility index (Phi) is 3.59. The molecule has 1 spiro atoms. The summed E-state index contributed by atoms with van der Waals surface area (Å²) in [6.07, 6.45) is 5.01. The molecule has 5 heteroatoms. The van der Waals surface area contributed by atoms with Gasteiger partial charge >= 0.3 is 5.97 Å². The molecule has 1 unspecified atom stereocenters. The molecule has 30 heavy (non-hydrogen) atoms. The maximum absolute atomic E-state index is 13.5. The minimum atomic E-state index is -0.698. The quantitative estimate of drug-likeness (QED) is 0.798. The molecule has 2 aliphatic heterocycles. The summed E-state index contributed by atoms with van der Waals surface area (Å²) in [5.41, 5.74) is 1.68. The van der Waals surface area contributed by atoms with Gasteiger partial charge in [-0.15, -0.1) is 0 Å². The molecule has 3 fully saturated rings. The number of carbonyl (C=O) groups is 2. The van der Waals surface area contributed by atoms with Crippen molar-refractivity contribution in [2.24, 2.45) is 0 Å². The zero-order chi connectivity index (χ0) is 20.6. The first-order valence-corrected chi connectivity index (χ1v) is 10.9. The Hall–Kier alpha value is -2.66. The van der Waals surface area contributed by atoms with Crippen LogP contribution in [0.1, 0.15) is 65.6 Å². The van der Waals surface area contributed by atoms with Gasteiger partial charge in [0.05, 0.1) is 23.1 Å². The highest BCUT2D eigenvalue weighted by molar-refractivity contribution is 5.96. The summed E-state index contributed by atoms with van der Waals surface area (Å²) in [5.74, 6) is -0.152. The first-order valence-electron chi connectivity index (χ1n) is 10.9. The van der Waals surface area contributed by atoms with E-state index >= 15 is 0 Å². The molecule has 0 radical (unpaired) electrons. The number of rotatable bonds is 3. The SMILES string of the molecule is O=C1OC2(CCN(C(=O)C3(c4ccc(C5(O)CCC5)cc4)CC3)C2)c2ccccc21. The lowest BCUT2D eigenvalue weighted by molar-refractivity contribution is -0.134. The van der Waals surface area contributed by atoms with Crippen LogP contribution in [0.2, 0.25) is 0 Å². The molecule has 2 saturated carbocycles. The van der Waals surface area contributed by atoms with E-state index in [1.165, 1.54) is 0 Å². The van der Waals surface area contributed by atoms with Gasteiger partial charge in [0.15, 0.2) is 5.60 Å². The number of aliphatic hydroxyl groups is 1. The zero-order valence-corrected chi connectivity index (χ0v) is 16.9. The number of fused-ring (bicyclic) bond motifs is 2.